The molecule has 0 aliphatic heterocycles. The van der Waals surface area contributed by atoms with E-state index in [0.29, 0.717) is 33.3 Å². The average Bonchev–Trinajstić information content (AvgIpc) is 2.75. The number of hydrogen-bond donors (Lipinski definition) is 3. The molecule has 6 nitrogen and oxygen atoms in total. The van der Waals surface area contributed by atoms with Gasteiger partial charge in [-0.05, 0) is 83.3 Å². The second-order valence-electron chi connectivity index (χ2n) is 6.26. The highest BCUT2D eigenvalue weighted by molar-refractivity contribution is 14.1. The summed E-state index contributed by atoms with van der Waals surface area (Å²) >= 11 is 13.5. The largest absolute Gasteiger partial charge is 0.494 e. The first kappa shape index (κ1) is 23.0. The molecule has 0 heterocycles. The molecule has 0 aliphatic rings. The molecule has 0 fully saturated rings. The van der Waals surface area contributed by atoms with Crippen LogP contribution < -0.4 is 20.7 Å². The molecule has 0 spiro atoms. The second kappa shape index (κ2) is 10.6. The standard InChI is InChI=1S/C22H17ClIN3O3S/c1-30-19-12-15(25-22(31)27-20(28)13-6-8-14(24)9-7-13)10-11-18(19)26-21(29)16-4-2-3-5-17(16)23/h2-12H,1H3,(H,26,29)(H2,25,27,28,31). The Morgan fingerprint density at radius 3 is 2.35 bits per heavy atom. The van der Waals surface area contributed by atoms with Gasteiger partial charge in [-0.2, -0.15) is 0 Å². The van der Waals surface area contributed by atoms with Gasteiger partial charge in [0, 0.05) is 20.9 Å². The lowest BCUT2D eigenvalue weighted by molar-refractivity contribution is 0.0976. The molecule has 3 aromatic rings. The summed E-state index contributed by atoms with van der Waals surface area (Å²) in [6.07, 6.45) is 0. The summed E-state index contributed by atoms with van der Waals surface area (Å²) in [6.45, 7) is 0. The Morgan fingerprint density at radius 2 is 1.68 bits per heavy atom. The van der Waals surface area contributed by atoms with E-state index in [1.54, 1.807) is 54.6 Å². The summed E-state index contributed by atoms with van der Waals surface area (Å²) in [6, 6.07) is 18.9. The van der Waals surface area contributed by atoms with Crippen LogP contribution in [0.5, 0.6) is 5.75 Å². The Morgan fingerprint density at radius 1 is 0.968 bits per heavy atom. The zero-order valence-corrected chi connectivity index (χ0v) is 20.0. The molecule has 0 unspecified atom stereocenters. The molecule has 0 saturated heterocycles. The Hall–Kier alpha value is -2.69. The van der Waals surface area contributed by atoms with Gasteiger partial charge in [0.2, 0.25) is 0 Å². The quantitative estimate of drug-likeness (QED) is 0.288. The van der Waals surface area contributed by atoms with Crippen LogP contribution in [0.2, 0.25) is 5.02 Å². The smallest absolute Gasteiger partial charge is 0.257 e. The van der Waals surface area contributed by atoms with Crippen molar-refractivity contribution in [3.05, 3.63) is 86.4 Å². The van der Waals surface area contributed by atoms with E-state index in [1.807, 2.05) is 12.1 Å². The number of amides is 2. The van der Waals surface area contributed by atoms with Crippen LogP contribution in [0.4, 0.5) is 11.4 Å². The van der Waals surface area contributed by atoms with E-state index < -0.39 is 0 Å². The van der Waals surface area contributed by atoms with Crippen molar-refractivity contribution >= 4 is 74.7 Å². The number of carbonyl (C=O) groups excluding carboxylic acids is 2. The van der Waals surface area contributed by atoms with E-state index in [4.69, 9.17) is 28.6 Å². The first-order chi connectivity index (χ1) is 14.9. The SMILES string of the molecule is COc1cc(NC(=S)NC(=O)c2ccc(I)cc2)ccc1NC(=O)c1ccccc1Cl. The highest BCUT2D eigenvalue weighted by atomic mass is 127. The lowest BCUT2D eigenvalue weighted by Gasteiger charge is -2.14. The van der Waals surface area contributed by atoms with Crippen molar-refractivity contribution in [2.75, 3.05) is 17.7 Å². The zero-order valence-electron chi connectivity index (χ0n) is 16.2. The number of halogens is 2. The minimum Gasteiger partial charge on any atom is -0.494 e. The van der Waals surface area contributed by atoms with Gasteiger partial charge < -0.3 is 15.4 Å². The molecular formula is C22H17ClIN3O3S. The van der Waals surface area contributed by atoms with Crippen LogP contribution in [0.3, 0.4) is 0 Å². The van der Waals surface area contributed by atoms with Crippen LogP contribution >= 0.6 is 46.4 Å². The van der Waals surface area contributed by atoms with Crippen molar-refractivity contribution in [2.24, 2.45) is 0 Å². The number of nitrogens with one attached hydrogen (secondary N) is 3. The van der Waals surface area contributed by atoms with Gasteiger partial charge >= 0.3 is 0 Å². The zero-order chi connectivity index (χ0) is 22.4. The summed E-state index contributed by atoms with van der Waals surface area (Å²) in [5.74, 6) is -0.258. The molecule has 9 heteroatoms. The predicted octanol–water partition coefficient (Wildman–Crippen LogP) is 5.33. The van der Waals surface area contributed by atoms with Gasteiger partial charge in [-0.1, -0.05) is 23.7 Å². The fraction of sp³-hybridized carbons (Fsp3) is 0.0455. The van der Waals surface area contributed by atoms with E-state index >= 15 is 0 Å². The van der Waals surface area contributed by atoms with Crippen molar-refractivity contribution in [3.63, 3.8) is 0 Å². The minimum absolute atomic E-state index is 0.137. The summed E-state index contributed by atoms with van der Waals surface area (Å²) in [5, 5.41) is 8.83. The number of rotatable bonds is 5. The Kier molecular flexibility index (Phi) is 7.83. The van der Waals surface area contributed by atoms with Crippen molar-refractivity contribution < 1.29 is 14.3 Å². The number of ether oxygens (including phenoxy) is 1. The van der Waals surface area contributed by atoms with Crippen molar-refractivity contribution in [2.45, 2.75) is 0 Å². The molecule has 0 saturated carbocycles. The average molecular weight is 566 g/mol. The molecule has 0 bridgehead atoms. The lowest BCUT2D eigenvalue weighted by Crippen LogP contribution is -2.34. The molecule has 3 aromatic carbocycles. The number of hydrogen-bond acceptors (Lipinski definition) is 4. The van der Waals surface area contributed by atoms with Gasteiger partial charge in [0.15, 0.2) is 5.11 Å². The van der Waals surface area contributed by atoms with Crippen LogP contribution in [0.25, 0.3) is 0 Å². The van der Waals surface area contributed by atoms with Crippen LogP contribution in [0.1, 0.15) is 20.7 Å². The van der Waals surface area contributed by atoms with E-state index in [2.05, 4.69) is 38.5 Å². The Labute approximate surface area is 203 Å². The van der Waals surface area contributed by atoms with E-state index in [0.717, 1.165) is 3.57 Å². The van der Waals surface area contributed by atoms with Gasteiger partial charge in [-0.3, -0.25) is 14.9 Å². The molecular weight excluding hydrogens is 549 g/mol. The van der Waals surface area contributed by atoms with Crippen LogP contribution in [-0.4, -0.2) is 24.0 Å². The van der Waals surface area contributed by atoms with Crippen LogP contribution in [0, 0.1) is 3.57 Å². The molecule has 0 aromatic heterocycles. The number of carbonyl (C=O) groups is 2. The third-order valence-electron chi connectivity index (χ3n) is 4.16. The maximum absolute atomic E-state index is 12.5. The molecule has 0 atom stereocenters. The number of anilines is 2. The van der Waals surface area contributed by atoms with Gasteiger partial charge in [-0.15, -0.1) is 0 Å². The molecule has 31 heavy (non-hydrogen) atoms. The van der Waals surface area contributed by atoms with Crippen LogP contribution in [0.15, 0.2) is 66.7 Å². The number of methoxy groups -OCH3 is 1. The fourth-order valence-corrected chi connectivity index (χ4v) is 3.44. The summed E-state index contributed by atoms with van der Waals surface area (Å²) < 4.78 is 6.41. The fourth-order valence-electron chi connectivity index (χ4n) is 2.65. The first-order valence-corrected chi connectivity index (χ1v) is 10.9. The van der Waals surface area contributed by atoms with Crippen molar-refractivity contribution in [3.8, 4) is 5.75 Å². The maximum atomic E-state index is 12.5. The molecule has 0 aliphatic carbocycles. The summed E-state index contributed by atoms with van der Waals surface area (Å²) in [5.41, 5.74) is 1.90. The molecule has 3 rings (SSSR count). The first-order valence-electron chi connectivity index (χ1n) is 8.99. The molecule has 2 amide bonds. The van der Waals surface area contributed by atoms with Crippen molar-refractivity contribution in [1.29, 1.82) is 0 Å². The molecule has 158 valence electrons. The highest BCUT2D eigenvalue weighted by Crippen LogP contribution is 2.29. The van der Waals surface area contributed by atoms with E-state index in [1.165, 1.54) is 7.11 Å². The highest BCUT2D eigenvalue weighted by Gasteiger charge is 2.14. The topological polar surface area (TPSA) is 79.5 Å². The van der Waals surface area contributed by atoms with E-state index in [9.17, 15) is 9.59 Å². The summed E-state index contributed by atoms with van der Waals surface area (Å²) in [4.78, 5) is 24.8. The monoisotopic (exact) mass is 565 g/mol. The number of benzene rings is 3. The Balaban J connectivity index is 1.67. The molecule has 0 radical (unpaired) electrons. The third-order valence-corrected chi connectivity index (χ3v) is 5.41. The van der Waals surface area contributed by atoms with Crippen molar-refractivity contribution in [1.82, 2.24) is 5.32 Å². The van der Waals surface area contributed by atoms with E-state index in [-0.39, 0.29) is 16.9 Å². The van der Waals surface area contributed by atoms with Gasteiger partial charge in [-0.25, -0.2) is 0 Å². The molecule has 3 N–H and O–H groups in total. The minimum atomic E-state index is -0.357. The summed E-state index contributed by atoms with van der Waals surface area (Å²) in [7, 11) is 1.49. The van der Waals surface area contributed by atoms with Gasteiger partial charge in [0.1, 0.15) is 5.75 Å². The number of thiocarbonyl (C=S) groups is 1. The normalized spacial score (nSPS) is 10.2. The lowest BCUT2D eigenvalue weighted by atomic mass is 10.2. The second-order valence-corrected chi connectivity index (χ2v) is 8.33. The third kappa shape index (κ3) is 6.16. The Bertz CT molecular complexity index is 1140. The maximum Gasteiger partial charge on any atom is 0.257 e. The van der Waals surface area contributed by atoms with Gasteiger partial charge in [0.05, 0.1) is 23.4 Å². The predicted molar refractivity (Wildman–Crippen MR) is 135 cm³/mol. The van der Waals surface area contributed by atoms with Crippen LogP contribution in [-0.2, 0) is 0 Å². The van der Waals surface area contributed by atoms with Gasteiger partial charge in [0.25, 0.3) is 11.8 Å².